The number of nitrogens with one attached hydrogen (secondary N) is 1. The Morgan fingerprint density at radius 2 is 1.86 bits per heavy atom. The van der Waals surface area contributed by atoms with Gasteiger partial charge in [-0.15, -0.1) is 11.3 Å². The maximum absolute atomic E-state index is 12.4. The molecule has 0 spiro atoms. The van der Waals surface area contributed by atoms with Gasteiger partial charge in [-0.1, -0.05) is 30.3 Å². The second kappa shape index (κ2) is 7.17. The molecule has 1 saturated heterocycles. The molecule has 2 aromatic heterocycles. The zero-order valence-corrected chi connectivity index (χ0v) is 16.8. The summed E-state index contributed by atoms with van der Waals surface area (Å²) in [7, 11) is 0. The van der Waals surface area contributed by atoms with E-state index in [2.05, 4.69) is 45.5 Å². The highest BCUT2D eigenvalue weighted by Crippen LogP contribution is 2.37. The van der Waals surface area contributed by atoms with Crippen LogP contribution < -0.4 is 10.2 Å². The minimum absolute atomic E-state index is 0.137. The van der Waals surface area contributed by atoms with Crippen molar-refractivity contribution in [2.24, 2.45) is 5.92 Å². The van der Waals surface area contributed by atoms with Crippen molar-refractivity contribution in [3.05, 3.63) is 42.2 Å². The summed E-state index contributed by atoms with van der Waals surface area (Å²) in [6.45, 7) is 3.69. The van der Waals surface area contributed by atoms with Gasteiger partial charge in [-0.05, 0) is 44.2 Å². The van der Waals surface area contributed by atoms with Crippen molar-refractivity contribution in [3.8, 4) is 10.4 Å². The van der Waals surface area contributed by atoms with Crippen LogP contribution in [0, 0.1) is 12.8 Å². The standard InChI is InChI=1S/C22H24N4OS/c1-14-23-20(26-11-9-16(10-12-26)21(27)25-17-7-8-17)18-13-19(28-22(18)24-14)15-5-3-2-4-6-15/h2-6,13,16-17H,7-12H2,1H3,(H,25,27). The smallest absolute Gasteiger partial charge is 0.223 e. The van der Waals surface area contributed by atoms with E-state index in [1.165, 1.54) is 10.4 Å². The maximum Gasteiger partial charge on any atom is 0.223 e. The first-order valence-corrected chi connectivity index (χ1v) is 10.9. The van der Waals surface area contributed by atoms with Crippen LogP contribution in [0.25, 0.3) is 20.7 Å². The number of nitrogens with zero attached hydrogens (tertiary/aromatic N) is 3. The van der Waals surface area contributed by atoms with Crippen LogP contribution in [0.5, 0.6) is 0 Å². The van der Waals surface area contributed by atoms with Crippen LogP contribution >= 0.6 is 11.3 Å². The topological polar surface area (TPSA) is 58.1 Å². The molecule has 0 bridgehead atoms. The molecule has 28 heavy (non-hydrogen) atoms. The summed E-state index contributed by atoms with van der Waals surface area (Å²) >= 11 is 1.72. The Kier molecular flexibility index (Phi) is 4.51. The third-order valence-corrected chi connectivity index (χ3v) is 6.71. The van der Waals surface area contributed by atoms with Gasteiger partial charge in [-0.2, -0.15) is 0 Å². The van der Waals surface area contributed by atoms with Gasteiger partial charge in [0.05, 0.1) is 5.39 Å². The molecule has 1 aliphatic carbocycles. The van der Waals surface area contributed by atoms with Crippen LogP contribution in [0.4, 0.5) is 5.82 Å². The lowest BCUT2D eigenvalue weighted by Gasteiger charge is -2.32. The van der Waals surface area contributed by atoms with Crippen molar-refractivity contribution < 1.29 is 4.79 Å². The van der Waals surface area contributed by atoms with Gasteiger partial charge in [0, 0.05) is 29.9 Å². The Bertz CT molecular complexity index is 1000. The van der Waals surface area contributed by atoms with Crippen LogP contribution in [0.1, 0.15) is 31.5 Å². The van der Waals surface area contributed by atoms with Crippen LogP contribution in [0.15, 0.2) is 36.4 Å². The van der Waals surface area contributed by atoms with Crippen molar-refractivity contribution in [3.63, 3.8) is 0 Å². The van der Waals surface area contributed by atoms with Crippen molar-refractivity contribution in [2.45, 2.75) is 38.6 Å². The van der Waals surface area contributed by atoms with E-state index in [0.29, 0.717) is 6.04 Å². The highest BCUT2D eigenvalue weighted by Gasteiger charge is 2.30. The van der Waals surface area contributed by atoms with Gasteiger partial charge in [0.25, 0.3) is 0 Å². The maximum atomic E-state index is 12.4. The number of piperidine rings is 1. The molecule has 5 nitrogen and oxygen atoms in total. The predicted octanol–water partition coefficient (Wildman–Crippen LogP) is 4.16. The molecule has 5 rings (SSSR count). The van der Waals surface area contributed by atoms with Gasteiger partial charge < -0.3 is 10.2 Å². The molecule has 1 N–H and O–H groups in total. The normalized spacial score (nSPS) is 17.8. The molecule has 0 atom stereocenters. The number of benzene rings is 1. The zero-order chi connectivity index (χ0) is 19.1. The molecule has 0 unspecified atom stereocenters. The monoisotopic (exact) mass is 392 g/mol. The molecule has 6 heteroatoms. The van der Waals surface area contributed by atoms with Crippen LogP contribution in [0.3, 0.4) is 0 Å². The Labute approximate surface area is 168 Å². The second-order valence-electron chi connectivity index (χ2n) is 7.83. The van der Waals surface area contributed by atoms with E-state index in [0.717, 1.165) is 60.6 Å². The average molecular weight is 393 g/mol. The number of aryl methyl sites for hydroxylation is 1. The van der Waals surface area contributed by atoms with Crippen molar-refractivity contribution >= 4 is 33.3 Å². The van der Waals surface area contributed by atoms with Crippen LogP contribution in [-0.4, -0.2) is 35.0 Å². The highest BCUT2D eigenvalue weighted by atomic mass is 32.1. The predicted molar refractivity (Wildman–Crippen MR) is 114 cm³/mol. The number of aromatic nitrogens is 2. The fourth-order valence-electron chi connectivity index (χ4n) is 3.90. The molecule has 2 aliphatic rings. The molecule has 3 aromatic rings. The van der Waals surface area contributed by atoms with Gasteiger partial charge in [0.2, 0.25) is 5.91 Å². The highest BCUT2D eigenvalue weighted by molar-refractivity contribution is 7.21. The SMILES string of the molecule is Cc1nc(N2CCC(C(=O)NC3CC3)CC2)c2cc(-c3ccccc3)sc2n1. The molecule has 3 heterocycles. The largest absolute Gasteiger partial charge is 0.356 e. The number of anilines is 1. The number of amides is 1. The van der Waals surface area contributed by atoms with E-state index in [-0.39, 0.29) is 11.8 Å². The minimum atomic E-state index is 0.137. The lowest BCUT2D eigenvalue weighted by molar-refractivity contribution is -0.125. The summed E-state index contributed by atoms with van der Waals surface area (Å²) in [6, 6.07) is 13.1. The average Bonchev–Trinajstić information content (AvgIpc) is 3.43. The zero-order valence-electron chi connectivity index (χ0n) is 16.0. The van der Waals surface area contributed by atoms with E-state index in [4.69, 9.17) is 4.98 Å². The van der Waals surface area contributed by atoms with E-state index in [9.17, 15) is 4.79 Å². The number of thiophene rings is 1. The van der Waals surface area contributed by atoms with Gasteiger partial charge in [0.15, 0.2) is 0 Å². The first-order chi connectivity index (χ1) is 13.7. The molecular weight excluding hydrogens is 368 g/mol. The van der Waals surface area contributed by atoms with Gasteiger partial charge in [0.1, 0.15) is 16.5 Å². The summed E-state index contributed by atoms with van der Waals surface area (Å²) < 4.78 is 0. The summed E-state index contributed by atoms with van der Waals surface area (Å²) in [5.74, 6) is 2.20. The number of hydrogen-bond donors (Lipinski definition) is 1. The summed E-state index contributed by atoms with van der Waals surface area (Å²) in [6.07, 6.45) is 4.06. The Hall–Kier alpha value is -2.47. The number of fused-ring (bicyclic) bond motifs is 1. The van der Waals surface area contributed by atoms with E-state index < -0.39 is 0 Å². The third kappa shape index (κ3) is 3.49. The molecular formula is C22H24N4OS. The Morgan fingerprint density at radius 1 is 1.11 bits per heavy atom. The fraction of sp³-hybridized carbons (Fsp3) is 0.409. The third-order valence-electron chi connectivity index (χ3n) is 5.63. The van der Waals surface area contributed by atoms with E-state index in [1.807, 2.05) is 13.0 Å². The number of rotatable bonds is 4. The summed E-state index contributed by atoms with van der Waals surface area (Å²) in [5, 5.41) is 4.28. The van der Waals surface area contributed by atoms with Gasteiger partial charge in [-0.3, -0.25) is 4.79 Å². The lowest BCUT2D eigenvalue weighted by atomic mass is 9.95. The summed E-state index contributed by atoms with van der Waals surface area (Å²) in [5.41, 5.74) is 1.21. The number of carbonyl (C=O) groups is 1. The van der Waals surface area contributed by atoms with Crippen LogP contribution in [0.2, 0.25) is 0 Å². The first-order valence-electron chi connectivity index (χ1n) is 10.1. The molecule has 1 aliphatic heterocycles. The van der Waals surface area contributed by atoms with Crippen molar-refractivity contribution in [1.82, 2.24) is 15.3 Å². The molecule has 1 aromatic carbocycles. The number of hydrogen-bond acceptors (Lipinski definition) is 5. The molecule has 144 valence electrons. The first kappa shape index (κ1) is 17.6. The fourth-order valence-corrected chi connectivity index (χ4v) is 4.97. The van der Waals surface area contributed by atoms with E-state index >= 15 is 0 Å². The van der Waals surface area contributed by atoms with Crippen molar-refractivity contribution in [2.75, 3.05) is 18.0 Å². The Balaban J connectivity index is 1.39. The summed E-state index contributed by atoms with van der Waals surface area (Å²) in [4.78, 5) is 26.4. The molecule has 2 fully saturated rings. The molecule has 0 radical (unpaired) electrons. The van der Waals surface area contributed by atoms with E-state index in [1.54, 1.807) is 11.3 Å². The Morgan fingerprint density at radius 3 is 2.57 bits per heavy atom. The number of carbonyl (C=O) groups excluding carboxylic acids is 1. The second-order valence-corrected chi connectivity index (χ2v) is 8.86. The van der Waals surface area contributed by atoms with Gasteiger partial charge >= 0.3 is 0 Å². The molecule has 1 saturated carbocycles. The van der Waals surface area contributed by atoms with Crippen LogP contribution in [-0.2, 0) is 4.79 Å². The van der Waals surface area contributed by atoms with Crippen molar-refractivity contribution in [1.29, 1.82) is 0 Å². The quantitative estimate of drug-likeness (QED) is 0.724. The minimum Gasteiger partial charge on any atom is -0.356 e. The molecule has 1 amide bonds. The van der Waals surface area contributed by atoms with Gasteiger partial charge in [-0.25, -0.2) is 9.97 Å². The lowest BCUT2D eigenvalue weighted by Crippen LogP contribution is -2.41.